The van der Waals surface area contributed by atoms with E-state index in [-0.39, 0.29) is 18.4 Å². The van der Waals surface area contributed by atoms with Crippen LogP contribution in [0.2, 0.25) is 5.02 Å². The van der Waals surface area contributed by atoms with Crippen molar-refractivity contribution in [3.05, 3.63) is 34.9 Å². The van der Waals surface area contributed by atoms with E-state index in [1.807, 2.05) is 0 Å². The first-order valence-corrected chi connectivity index (χ1v) is 7.46. The highest BCUT2D eigenvalue weighted by molar-refractivity contribution is 6.35. The number of piperidine rings is 1. The number of amides is 3. The summed E-state index contributed by atoms with van der Waals surface area (Å²) in [5.41, 5.74) is 6.10. The summed E-state index contributed by atoms with van der Waals surface area (Å²) in [5.74, 6) is -1.77. The number of carbonyl (C=O) groups is 3. The Balaban J connectivity index is 1.81. The minimum absolute atomic E-state index is 0.207. The summed E-state index contributed by atoms with van der Waals surface area (Å²) in [5, 5.41) is 3.20. The molecule has 6 nitrogen and oxygen atoms in total. The highest BCUT2D eigenvalue weighted by atomic mass is 35.5. The predicted molar refractivity (Wildman–Crippen MR) is 81.8 cm³/mol. The summed E-state index contributed by atoms with van der Waals surface area (Å²) in [7, 11) is 0. The van der Waals surface area contributed by atoms with Gasteiger partial charge in [0, 0.05) is 30.6 Å². The van der Waals surface area contributed by atoms with Gasteiger partial charge in [0.25, 0.3) is 0 Å². The monoisotopic (exact) mass is 323 g/mol. The van der Waals surface area contributed by atoms with E-state index in [1.165, 1.54) is 4.90 Å². The highest BCUT2D eigenvalue weighted by Crippen LogP contribution is 2.16. The molecule has 0 unspecified atom stereocenters. The quantitative estimate of drug-likeness (QED) is 0.801. The molecule has 1 fully saturated rings. The molecule has 3 N–H and O–H groups in total. The lowest BCUT2D eigenvalue weighted by atomic mass is 9.96. The molecular formula is C15H18ClN3O3. The smallest absolute Gasteiger partial charge is 0.311 e. The van der Waals surface area contributed by atoms with Crippen LogP contribution in [-0.4, -0.2) is 35.7 Å². The molecule has 1 aliphatic heterocycles. The zero-order valence-electron chi connectivity index (χ0n) is 12.0. The number of primary amides is 1. The largest absolute Gasteiger partial charge is 0.369 e. The number of benzene rings is 1. The van der Waals surface area contributed by atoms with E-state index >= 15 is 0 Å². The predicted octanol–water partition coefficient (Wildman–Crippen LogP) is 0.680. The standard InChI is InChI=1S/C15H18ClN3O3/c16-12-3-1-10(2-4-12)9-18-14(21)15(22)19-7-5-11(6-8-19)13(17)20/h1-4,11H,5-9H2,(H2,17,20)(H,18,21). The van der Waals surface area contributed by atoms with Crippen molar-refractivity contribution in [3.63, 3.8) is 0 Å². The van der Waals surface area contributed by atoms with Crippen molar-refractivity contribution < 1.29 is 14.4 Å². The number of nitrogens with two attached hydrogens (primary N) is 1. The summed E-state index contributed by atoms with van der Waals surface area (Å²) in [6, 6.07) is 7.01. The first-order chi connectivity index (χ1) is 10.5. The van der Waals surface area contributed by atoms with Crippen molar-refractivity contribution >= 4 is 29.3 Å². The van der Waals surface area contributed by atoms with E-state index in [0.717, 1.165) is 5.56 Å². The normalized spacial score (nSPS) is 15.4. The van der Waals surface area contributed by atoms with Crippen molar-refractivity contribution in [2.75, 3.05) is 13.1 Å². The molecule has 0 aromatic heterocycles. The van der Waals surface area contributed by atoms with Gasteiger partial charge in [-0.15, -0.1) is 0 Å². The van der Waals surface area contributed by atoms with Crippen molar-refractivity contribution in [2.45, 2.75) is 19.4 Å². The molecular weight excluding hydrogens is 306 g/mol. The van der Waals surface area contributed by atoms with Crippen LogP contribution in [0.3, 0.4) is 0 Å². The van der Waals surface area contributed by atoms with Crippen LogP contribution in [0.15, 0.2) is 24.3 Å². The number of hydrogen-bond acceptors (Lipinski definition) is 3. The number of rotatable bonds is 3. The molecule has 1 saturated heterocycles. The fourth-order valence-corrected chi connectivity index (χ4v) is 2.50. The van der Waals surface area contributed by atoms with Crippen molar-refractivity contribution in [2.24, 2.45) is 11.7 Å². The summed E-state index contributed by atoms with van der Waals surface area (Å²) in [6.45, 7) is 1.01. The lowest BCUT2D eigenvalue weighted by molar-refractivity contribution is -0.147. The number of carbonyl (C=O) groups excluding carboxylic acids is 3. The maximum absolute atomic E-state index is 12.0. The number of hydrogen-bond donors (Lipinski definition) is 2. The van der Waals surface area contributed by atoms with Gasteiger partial charge in [-0.3, -0.25) is 14.4 Å². The van der Waals surface area contributed by atoms with Gasteiger partial charge in [0.1, 0.15) is 0 Å². The maximum atomic E-state index is 12.0. The lowest BCUT2D eigenvalue weighted by Crippen LogP contribution is -2.47. The summed E-state index contributed by atoms with van der Waals surface area (Å²) < 4.78 is 0. The first kappa shape index (κ1) is 16.3. The van der Waals surface area contributed by atoms with Crippen LogP contribution in [0.1, 0.15) is 18.4 Å². The van der Waals surface area contributed by atoms with Crippen LogP contribution >= 0.6 is 11.6 Å². The zero-order chi connectivity index (χ0) is 16.1. The third-order valence-electron chi connectivity index (χ3n) is 3.75. The molecule has 3 amide bonds. The van der Waals surface area contributed by atoms with Gasteiger partial charge in [-0.05, 0) is 30.5 Å². The molecule has 0 saturated carbocycles. The summed E-state index contributed by atoms with van der Waals surface area (Å²) >= 11 is 5.78. The van der Waals surface area contributed by atoms with Crippen molar-refractivity contribution in [3.8, 4) is 0 Å². The van der Waals surface area contributed by atoms with Crippen LogP contribution in [0, 0.1) is 5.92 Å². The van der Waals surface area contributed by atoms with Gasteiger partial charge in [-0.2, -0.15) is 0 Å². The Labute approximate surface area is 133 Å². The molecule has 0 spiro atoms. The summed E-state index contributed by atoms with van der Waals surface area (Å²) in [4.78, 5) is 36.4. The first-order valence-electron chi connectivity index (χ1n) is 7.08. The van der Waals surface area contributed by atoms with E-state index < -0.39 is 11.8 Å². The topological polar surface area (TPSA) is 92.5 Å². The molecule has 7 heteroatoms. The maximum Gasteiger partial charge on any atom is 0.311 e. The number of nitrogens with one attached hydrogen (secondary N) is 1. The second-order valence-corrected chi connectivity index (χ2v) is 5.71. The molecule has 2 rings (SSSR count). The van der Waals surface area contributed by atoms with Crippen LogP contribution < -0.4 is 11.1 Å². The van der Waals surface area contributed by atoms with Gasteiger partial charge in [-0.1, -0.05) is 23.7 Å². The average molecular weight is 324 g/mol. The Hall–Kier alpha value is -2.08. The fourth-order valence-electron chi connectivity index (χ4n) is 2.37. The molecule has 0 aliphatic carbocycles. The lowest BCUT2D eigenvalue weighted by Gasteiger charge is -2.29. The third-order valence-corrected chi connectivity index (χ3v) is 4.00. The minimum Gasteiger partial charge on any atom is -0.369 e. The second-order valence-electron chi connectivity index (χ2n) is 5.28. The number of halogens is 1. The Bertz CT molecular complexity index is 566. The van der Waals surface area contributed by atoms with Gasteiger partial charge in [-0.25, -0.2) is 0 Å². The fraction of sp³-hybridized carbons (Fsp3) is 0.400. The van der Waals surface area contributed by atoms with Crippen LogP contribution in [0.25, 0.3) is 0 Å². The van der Waals surface area contributed by atoms with E-state index in [4.69, 9.17) is 17.3 Å². The Kier molecular flexibility index (Phi) is 5.38. The molecule has 0 atom stereocenters. The van der Waals surface area contributed by atoms with E-state index in [0.29, 0.717) is 31.0 Å². The summed E-state index contributed by atoms with van der Waals surface area (Å²) in [6.07, 6.45) is 1.01. The number of likely N-dealkylation sites (tertiary alicyclic amines) is 1. The molecule has 1 aromatic carbocycles. The van der Waals surface area contributed by atoms with E-state index in [2.05, 4.69) is 5.32 Å². The zero-order valence-corrected chi connectivity index (χ0v) is 12.8. The van der Waals surface area contributed by atoms with E-state index in [1.54, 1.807) is 24.3 Å². The highest BCUT2D eigenvalue weighted by Gasteiger charge is 2.28. The third kappa shape index (κ3) is 4.21. The van der Waals surface area contributed by atoms with Gasteiger partial charge in [0.05, 0.1) is 0 Å². The van der Waals surface area contributed by atoms with Gasteiger partial charge in [0.2, 0.25) is 5.91 Å². The minimum atomic E-state index is -0.646. The molecule has 0 bridgehead atoms. The molecule has 22 heavy (non-hydrogen) atoms. The average Bonchev–Trinajstić information content (AvgIpc) is 2.53. The Morgan fingerprint density at radius 1 is 1.18 bits per heavy atom. The van der Waals surface area contributed by atoms with Gasteiger partial charge < -0.3 is 16.0 Å². The van der Waals surface area contributed by atoms with Gasteiger partial charge in [0.15, 0.2) is 0 Å². The van der Waals surface area contributed by atoms with Crippen molar-refractivity contribution in [1.82, 2.24) is 10.2 Å². The van der Waals surface area contributed by atoms with Crippen LogP contribution in [0.4, 0.5) is 0 Å². The molecule has 1 aliphatic rings. The van der Waals surface area contributed by atoms with Crippen LogP contribution in [0.5, 0.6) is 0 Å². The number of nitrogens with zero attached hydrogens (tertiary/aromatic N) is 1. The second kappa shape index (κ2) is 7.26. The Morgan fingerprint density at radius 2 is 1.77 bits per heavy atom. The molecule has 1 aromatic rings. The molecule has 0 radical (unpaired) electrons. The molecule has 118 valence electrons. The van der Waals surface area contributed by atoms with Gasteiger partial charge >= 0.3 is 11.8 Å². The SMILES string of the molecule is NC(=O)C1CCN(C(=O)C(=O)NCc2ccc(Cl)cc2)CC1. The Morgan fingerprint density at radius 3 is 2.32 bits per heavy atom. The molecule has 1 heterocycles. The van der Waals surface area contributed by atoms with Crippen LogP contribution in [-0.2, 0) is 20.9 Å². The van der Waals surface area contributed by atoms with E-state index in [9.17, 15) is 14.4 Å². The van der Waals surface area contributed by atoms with Crippen molar-refractivity contribution in [1.29, 1.82) is 0 Å².